The SMILES string of the molecule is CC(C)(C)[C@H](N)C(=O)NCCCn1cc(CN2CCCNCCNCCCNCC2)nn1. The molecule has 1 amide bonds. The first-order valence-electron chi connectivity index (χ1n) is 12.1. The second-order valence-electron chi connectivity index (χ2n) is 9.69. The molecule has 10 heteroatoms. The number of nitrogens with two attached hydrogens (primary N) is 1. The maximum Gasteiger partial charge on any atom is 0.237 e. The van der Waals surface area contributed by atoms with Crippen molar-refractivity contribution in [2.24, 2.45) is 11.1 Å². The summed E-state index contributed by atoms with van der Waals surface area (Å²) in [5.41, 5.74) is 6.74. The lowest BCUT2D eigenvalue weighted by Gasteiger charge is -2.25. The Morgan fingerprint density at radius 2 is 1.78 bits per heavy atom. The van der Waals surface area contributed by atoms with Crippen molar-refractivity contribution in [1.82, 2.24) is 41.2 Å². The molecule has 6 N–H and O–H groups in total. The van der Waals surface area contributed by atoms with E-state index in [0.29, 0.717) is 6.54 Å². The lowest BCUT2D eigenvalue weighted by atomic mass is 9.87. The number of aryl methyl sites for hydroxylation is 1. The molecule has 0 spiro atoms. The number of nitrogens with one attached hydrogen (secondary N) is 4. The van der Waals surface area contributed by atoms with Gasteiger partial charge in [-0.2, -0.15) is 0 Å². The van der Waals surface area contributed by atoms with E-state index in [0.717, 1.165) is 90.4 Å². The van der Waals surface area contributed by atoms with Gasteiger partial charge >= 0.3 is 0 Å². The van der Waals surface area contributed by atoms with Gasteiger partial charge in [0.15, 0.2) is 0 Å². The molecule has 2 rings (SSSR count). The van der Waals surface area contributed by atoms with Crippen molar-refractivity contribution >= 4 is 5.91 Å². The second kappa shape index (κ2) is 14.5. The maximum absolute atomic E-state index is 12.1. The molecule has 0 saturated carbocycles. The van der Waals surface area contributed by atoms with E-state index in [1.54, 1.807) is 0 Å². The summed E-state index contributed by atoms with van der Waals surface area (Å²) in [7, 11) is 0. The molecule has 0 aromatic carbocycles. The quantitative estimate of drug-likeness (QED) is 0.352. The number of rotatable bonds is 7. The third kappa shape index (κ3) is 10.8. The van der Waals surface area contributed by atoms with E-state index >= 15 is 0 Å². The highest BCUT2D eigenvalue weighted by Crippen LogP contribution is 2.17. The number of amides is 1. The first kappa shape index (κ1) is 26.7. The summed E-state index contributed by atoms with van der Waals surface area (Å²) < 4.78 is 1.86. The molecule has 1 aromatic heterocycles. The Bertz CT molecular complexity index is 630. The van der Waals surface area contributed by atoms with E-state index in [9.17, 15) is 4.79 Å². The average molecular weight is 452 g/mol. The van der Waals surface area contributed by atoms with Crippen LogP contribution in [0.25, 0.3) is 0 Å². The van der Waals surface area contributed by atoms with Crippen LogP contribution in [0.4, 0.5) is 0 Å². The van der Waals surface area contributed by atoms with Crippen LogP contribution in [-0.4, -0.2) is 90.7 Å². The third-order valence-corrected chi connectivity index (χ3v) is 5.67. The van der Waals surface area contributed by atoms with Crippen molar-refractivity contribution in [3.05, 3.63) is 11.9 Å². The largest absolute Gasteiger partial charge is 0.355 e. The minimum atomic E-state index is -0.504. The van der Waals surface area contributed by atoms with E-state index in [1.807, 2.05) is 31.6 Å². The number of hydrogen-bond donors (Lipinski definition) is 5. The van der Waals surface area contributed by atoms with Crippen LogP contribution < -0.4 is 27.0 Å². The van der Waals surface area contributed by atoms with Crippen LogP contribution in [0.15, 0.2) is 6.20 Å². The monoisotopic (exact) mass is 451 g/mol. The summed E-state index contributed by atoms with van der Waals surface area (Å²) in [5.74, 6) is -0.0993. The molecule has 2 heterocycles. The second-order valence-corrected chi connectivity index (χ2v) is 9.69. The standard InChI is InChI=1S/C22H45N9O/c1-22(2,3)20(23)21(32)27-10-6-15-31-18-19(28-29-31)17-30-14-5-9-25-12-11-24-7-4-8-26-13-16-30/h18,20,24-26H,4-17,23H2,1-3H3,(H,27,32)/t20-/m1/s1. The van der Waals surface area contributed by atoms with Crippen LogP contribution in [0.2, 0.25) is 0 Å². The van der Waals surface area contributed by atoms with Gasteiger partial charge in [-0.3, -0.25) is 14.4 Å². The molecule has 0 aliphatic carbocycles. The van der Waals surface area contributed by atoms with Crippen LogP contribution in [0.1, 0.15) is 45.7 Å². The summed E-state index contributed by atoms with van der Waals surface area (Å²) in [6.45, 7) is 16.2. The average Bonchev–Trinajstić information content (AvgIpc) is 3.19. The summed E-state index contributed by atoms with van der Waals surface area (Å²) in [4.78, 5) is 14.6. The molecule has 0 bridgehead atoms. The van der Waals surface area contributed by atoms with Gasteiger partial charge < -0.3 is 27.0 Å². The van der Waals surface area contributed by atoms with E-state index in [2.05, 4.69) is 36.5 Å². The van der Waals surface area contributed by atoms with Crippen LogP contribution in [0.5, 0.6) is 0 Å². The Balaban J connectivity index is 1.73. The molecule has 1 aromatic rings. The van der Waals surface area contributed by atoms with Gasteiger partial charge in [-0.15, -0.1) is 5.10 Å². The van der Waals surface area contributed by atoms with Crippen LogP contribution in [-0.2, 0) is 17.9 Å². The van der Waals surface area contributed by atoms with Crippen molar-refractivity contribution in [3.63, 3.8) is 0 Å². The molecule has 1 atom stereocenters. The van der Waals surface area contributed by atoms with Crippen LogP contribution >= 0.6 is 0 Å². The Hall–Kier alpha value is -1.59. The van der Waals surface area contributed by atoms with Crippen molar-refractivity contribution in [2.75, 3.05) is 58.9 Å². The Labute approximate surface area is 193 Å². The Kier molecular flexibility index (Phi) is 12.1. The fourth-order valence-corrected chi connectivity index (χ4v) is 3.53. The summed E-state index contributed by atoms with van der Waals surface area (Å²) >= 11 is 0. The highest BCUT2D eigenvalue weighted by Gasteiger charge is 2.26. The van der Waals surface area contributed by atoms with Gasteiger partial charge in [0.05, 0.1) is 11.7 Å². The van der Waals surface area contributed by atoms with E-state index in [4.69, 9.17) is 5.73 Å². The molecule has 0 unspecified atom stereocenters. The van der Waals surface area contributed by atoms with Gasteiger partial charge in [0.1, 0.15) is 0 Å². The Morgan fingerprint density at radius 1 is 1.09 bits per heavy atom. The lowest BCUT2D eigenvalue weighted by Crippen LogP contribution is -2.48. The molecule has 1 saturated heterocycles. The van der Waals surface area contributed by atoms with Crippen molar-refractivity contribution in [3.8, 4) is 0 Å². The molecule has 0 radical (unpaired) electrons. The van der Waals surface area contributed by atoms with Gasteiger partial charge in [-0.1, -0.05) is 26.0 Å². The van der Waals surface area contributed by atoms with E-state index < -0.39 is 6.04 Å². The fraction of sp³-hybridized carbons (Fsp3) is 0.864. The first-order chi connectivity index (χ1) is 15.4. The summed E-state index contributed by atoms with van der Waals surface area (Å²) in [6.07, 6.45) is 5.08. The zero-order chi connectivity index (χ0) is 23.2. The van der Waals surface area contributed by atoms with E-state index in [1.165, 1.54) is 0 Å². The fourth-order valence-electron chi connectivity index (χ4n) is 3.53. The Morgan fingerprint density at radius 3 is 2.50 bits per heavy atom. The lowest BCUT2D eigenvalue weighted by molar-refractivity contribution is -0.124. The number of nitrogens with zero attached hydrogens (tertiary/aromatic N) is 4. The minimum Gasteiger partial charge on any atom is -0.355 e. The summed E-state index contributed by atoms with van der Waals surface area (Å²) in [5, 5.41) is 22.1. The normalized spacial score (nSPS) is 19.2. The molecule has 32 heavy (non-hydrogen) atoms. The van der Waals surface area contributed by atoms with Crippen molar-refractivity contribution in [1.29, 1.82) is 0 Å². The number of carbonyl (C=O) groups excluding carboxylic acids is 1. The summed E-state index contributed by atoms with van der Waals surface area (Å²) in [6, 6.07) is -0.504. The zero-order valence-electron chi connectivity index (χ0n) is 20.3. The molecule has 1 aliphatic heterocycles. The highest BCUT2D eigenvalue weighted by atomic mass is 16.2. The molecule has 1 aliphatic rings. The molecule has 10 nitrogen and oxygen atoms in total. The molecular formula is C22H45N9O. The predicted molar refractivity (Wildman–Crippen MR) is 128 cm³/mol. The zero-order valence-corrected chi connectivity index (χ0v) is 20.3. The number of carbonyl (C=O) groups is 1. The predicted octanol–water partition coefficient (Wildman–Crippen LogP) is -0.478. The minimum absolute atomic E-state index is 0.0993. The van der Waals surface area contributed by atoms with Gasteiger partial charge in [0, 0.05) is 52.0 Å². The molecule has 1 fully saturated rings. The van der Waals surface area contributed by atoms with Crippen molar-refractivity contribution < 1.29 is 4.79 Å². The number of hydrogen-bond acceptors (Lipinski definition) is 8. The van der Waals surface area contributed by atoms with Gasteiger partial charge in [-0.05, 0) is 50.9 Å². The van der Waals surface area contributed by atoms with E-state index in [-0.39, 0.29) is 11.3 Å². The van der Waals surface area contributed by atoms with Crippen LogP contribution in [0, 0.1) is 5.41 Å². The number of aromatic nitrogens is 3. The molecular weight excluding hydrogens is 406 g/mol. The van der Waals surface area contributed by atoms with Crippen LogP contribution in [0.3, 0.4) is 0 Å². The third-order valence-electron chi connectivity index (χ3n) is 5.67. The topological polar surface area (TPSA) is 125 Å². The van der Waals surface area contributed by atoms with Gasteiger partial charge in [0.25, 0.3) is 0 Å². The van der Waals surface area contributed by atoms with Gasteiger partial charge in [-0.25, -0.2) is 0 Å². The smallest absolute Gasteiger partial charge is 0.237 e. The van der Waals surface area contributed by atoms with Gasteiger partial charge in [0.2, 0.25) is 5.91 Å². The van der Waals surface area contributed by atoms with Crippen molar-refractivity contribution in [2.45, 2.75) is 59.2 Å². The first-order valence-corrected chi connectivity index (χ1v) is 12.1. The maximum atomic E-state index is 12.1. The highest BCUT2D eigenvalue weighted by molar-refractivity contribution is 5.82. The molecule has 184 valence electrons.